The summed E-state index contributed by atoms with van der Waals surface area (Å²) in [6, 6.07) is 6.64. The highest BCUT2D eigenvalue weighted by molar-refractivity contribution is 6.05. The third-order valence-electron chi connectivity index (χ3n) is 6.59. The van der Waals surface area contributed by atoms with Gasteiger partial charge >= 0.3 is 18.0 Å². The molecule has 0 radical (unpaired) electrons. The topological polar surface area (TPSA) is 113 Å². The van der Waals surface area contributed by atoms with Gasteiger partial charge in [0.15, 0.2) is 0 Å². The Kier molecular flexibility index (Phi) is 8.94. The molecule has 1 aliphatic rings. The van der Waals surface area contributed by atoms with Crippen LogP contribution in [0.4, 0.5) is 19.3 Å². The van der Waals surface area contributed by atoms with Gasteiger partial charge in [0.25, 0.3) is 0 Å². The molecule has 234 valence electrons. The van der Waals surface area contributed by atoms with Gasteiger partial charge in [-0.05, 0) is 83.0 Å². The van der Waals surface area contributed by atoms with E-state index < -0.39 is 52.8 Å². The van der Waals surface area contributed by atoms with Crippen molar-refractivity contribution >= 4 is 29.3 Å². The normalized spacial score (nSPS) is 17.7. The molecule has 2 atom stereocenters. The Bertz CT molecular complexity index is 1600. The van der Waals surface area contributed by atoms with Crippen LogP contribution in [0.5, 0.6) is 0 Å². The van der Waals surface area contributed by atoms with Crippen molar-refractivity contribution in [3.8, 4) is 0 Å². The van der Waals surface area contributed by atoms with Crippen LogP contribution >= 0.6 is 0 Å². The van der Waals surface area contributed by atoms with Crippen LogP contribution < -0.4 is 4.90 Å². The number of rotatable bonds is 5. The SMILES string of the molecule is CC(=O)OCC=C1c2c(C(=O)OC(C)(C)C)cc(F)cc2N(C(=O)OC(C)(C)C)C(c2ccc(F)cc2)C1c1ncnn1C. The lowest BCUT2D eigenvalue weighted by Gasteiger charge is -2.44. The summed E-state index contributed by atoms with van der Waals surface area (Å²) in [6.45, 7) is 11.1. The van der Waals surface area contributed by atoms with Crippen LogP contribution in [0.15, 0.2) is 48.8 Å². The largest absolute Gasteiger partial charge is 0.462 e. The number of carbonyl (C=O) groups is 3. The minimum Gasteiger partial charge on any atom is -0.462 e. The number of esters is 2. The Morgan fingerprint density at radius 2 is 1.59 bits per heavy atom. The minimum atomic E-state index is -1.00. The molecule has 4 rings (SSSR count). The van der Waals surface area contributed by atoms with Gasteiger partial charge in [-0.2, -0.15) is 5.10 Å². The van der Waals surface area contributed by atoms with Crippen molar-refractivity contribution in [2.45, 2.75) is 71.6 Å². The van der Waals surface area contributed by atoms with Gasteiger partial charge in [-0.25, -0.2) is 23.4 Å². The molecule has 0 aliphatic carbocycles. The van der Waals surface area contributed by atoms with Gasteiger partial charge < -0.3 is 14.2 Å². The predicted octanol–water partition coefficient (Wildman–Crippen LogP) is 6.28. The summed E-state index contributed by atoms with van der Waals surface area (Å²) < 4.78 is 47.9. The molecule has 2 unspecified atom stereocenters. The molecule has 10 nitrogen and oxygen atoms in total. The van der Waals surface area contributed by atoms with Crippen molar-refractivity contribution in [2.24, 2.45) is 7.05 Å². The van der Waals surface area contributed by atoms with E-state index in [9.17, 15) is 18.8 Å². The van der Waals surface area contributed by atoms with Crippen LogP contribution in [0.2, 0.25) is 0 Å². The van der Waals surface area contributed by atoms with E-state index in [1.807, 2.05) is 0 Å². The zero-order valence-electron chi connectivity index (χ0n) is 26.0. The molecule has 2 aromatic carbocycles. The maximum Gasteiger partial charge on any atom is 0.415 e. The maximum absolute atomic E-state index is 15.5. The summed E-state index contributed by atoms with van der Waals surface area (Å²) in [5.41, 5.74) is -1.06. The molecule has 1 aliphatic heterocycles. The Hall–Kier alpha value is -4.61. The average molecular weight is 611 g/mol. The lowest BCUT2D eigenvalue weighted by atomic mass is 9.75. The van der Waals surface area contributed by atoms with Crippen molar-refractivity contribution in [1.29, 1.82) is 0 Å². The summed E-state index contributed by atoms with van der Waals surface area (Å²) in [6.07, 6.45) is 2.06. The number of hydrogen-bond acceptors (Lipinski definition) is 8. The van der Waals surface area contributed by atoms with Gasteiger partial charge in [0.05, 0.1) is 23.2 Å². The lowest BCUT2D eigenvalue weighted by Crippen LogP contribution is -2.45. The summed E-state index contributed by atoms with van der Waals surface area (Å²) >= 11 is 0. The molecule has 1 amide bonds. The zero-order valence-corrected chi connectivity index (χ0v) is 26.0. The van der Waals surface area contributed by atoms with Crippen LogP contribution in [-0.4, -0.2) is 50.6 Å². The molecule has 2 heterocycles. The summed E-state index contributed by atoms with van der Waals surface area (Å²) in [4.78, 5) is 45.3. The fourth-order valence-electron chi connectivity index (χ4n) is 5.07. The van der Waals surface area contributed by atoms with E-state index in [1.165, 1.54) is 47.1 Å². The molecule has 0 fully saturated rings. The number of aryl methyl sites for hydroxylation is 1. The molecule has 0 N–H and O–H groups in total. The van der Waals surface area contributed by atoms with E-state index in [0.29, 0.717) is 17.0 Å². The quantitative estimate of drug-likeness (QED) is 0.245. The molecule has 12 heteroatoms. The number of benzene rings is 2. The number of amides is 1. The highest BCUT2D eigenvalue weighted by Crippen LogP contribution is 2.54. The number of fused-ring (bicyclic) bond motifs is 1. The van der Waals surface area contributed by atoms with Gasteiger partial charge in [-0.3, -0.25) is 14.4 Å². The Morgan fingerprint density at radius 1 is 0.955 bits per heavy atom. The fourth-order valence-corrected chi connectivity index (χ4v) is 5.07. The predicted molar refractivity (Wildman–Crippen MR) is 158 cm³/mol. The Balaban J connectivity index is 2.15. The molecule has 44 heavy (non-hydrogen) atoms. The standard InChI is InChI=1S/C32H36F2N4O6/c1-18(39)42-14-13-22-25-23(29(40)43-31(2,3)4)15-21(34)16-24(25)38(30(41)44-32(5,6)7)27(19-9-11-20(33)12-10-19)26(22)28-35-17-36-37(28)8/h9-13,15-17,26-27H,14H2,1-8H3. The highest BCUT2D eigenvalue weighted by atomic mass is 19.1. The van der Waals surface area contributed by atoms with E-state index >= 15 is 4.39 Å². The molecule has 0 saturated heterocycles. The summed E-state index contributed by atoms with van der Waals surface area (Å²) in [5.74, 6) is -3.25. The second-order valence-corrected chi connectivity index (χ2v) is 12.4. The second kappa shape index (κ2) is 12.2. The molecule has 0 spiro atoms. The summed E-state index contributed by atoms with van der Waals surface area (Å²) in [5, 5.41) is 4.23. The van der Waals surface area contributed by atoms with Gasteiger partial charge in [-0.1, -0.05) is 12.1 Å². The molecule has 3 aromatic rings. The van der Waals surface area contributed by atoms with Crippen molar-refractivity contribution in [1.82, 2.24) is 14.8 Å². The van der Waals surface area contributed by atoms with Gasteiger partial charge in [0.2, 0.25) is 0 Å². The van der Waals surface area contributed by atoms with Crippen molar-refractivity contribution < 1.29 is 37.4 Å². The minimum absolute atomic E-state index is 0.00178. The first-order chi connectivity index (χ1) is 20.5. The van der Waals surface area contributed by atoms with Crippen LogP contribution in [0.3, 0.4) is 0 Å². The van der Waals surface area contributed by atoms with Gasteiger partial charge in [0, 0.05) is 19.5 Å². The molecule has 1 aromatic heterocycles. The third-order valence-corrected chi connectivity index (χ3v) is 6.59. The molecular weight excluding hydrogens is 574 g/mol. The smallest absolute Gasteiger partial charge is 0.415 e. The van der Waals surface area contributed by atoms with Crippen molar-refractivity contribution in [2.75, 3.05) is 11.5 Å². The number of nitrogens with zero attached hydrogens (tertiary/aromatic N) is 4. The van der Waals surface area contributed by atoms with E-state index in [-0.39, 0.29) is 23.4 Å². The first-order valence-corrected chi connectivity index (χ1v) is 14.0. The van der Waals surface area contributed by atoms with E-state index in [4.69, 9.17) is 14.2 Å². The first-order valence-electron chi connectivity index (χ1n) is 14.0. The number of hydrogen-bond donors (Lipinski definition) is 0. The highest BCUT2D eigenvalue weighted by Gasteiger charge is 2.47. The number of carbonyl (C=O) groups excluding carboxylic acids is 3. The van der Waals surface area contributed by atoms with Crippen LogP contribution in [-0.2, 0) is 26.1 Å². The van der Waals surface area contributed by atoms with Crippen LogP contribution in [0, 0.1) is 11.6 Å². The van der Waals surface area contributed by atoms with E-state index in [1.54, 1.807) is 54.7 Å². The lowest BCUT2D eigenvalue weighted by molar-refractivity contribution is -0.139. The number of ether oxygens (including phenoxy) is 3. The molecule has 0 saturated carbocycles. The Labute approximate surface area is 254 Å². The number of halogens is 2. The molecular formula is C32H36F2N4O6. The third kappa shape index (κ3) is 7.12. The average Bonchev–Trinajstić information content (AvgIpc) is 3.31. The first kappa shape index (κ1) is 32.3. The summed E-state index contributed by atoms with van der Waals surface area (Å²) in [7, 11) is 1.65. The fraction of sp³-hybridized carbons (Fsp3) is 0.406. The van der Waals surface area contributed by atoms with Crippen molar-refractivity contribution in [3.05, 3.63) is 83.0 Å². The van der Waals surface area contributed by atoms with Gasteiger partial charge in [-0.15, -0.1) is 0 Å². The Morgan fingerprint density at radius 3 is 2.14 bits per heavy atom. The maximum atomic E-state index is 15.5. The number of anilines is 1. The molecule has 0 bridgehead atoms. The van der Waals surface area contributed by atoms with E-state index in [2.05, 4.69) is 10.1 Å². The second-order valence-electron chi connectivity index (χ2n) is 12.4. The van der Waals surface area contributed by atoms with Crippen LogP contribution in [0.1, 0.15) is 87.7 Å². The van der Waals surface area contributed by atoms with E-state index in [0.717, 1.165) is 12.1 Å². The number of aromatic nitrogens is 3. The van der Waals surface area contributed by atoms with Crippen molar-refractivity contribution in [3.63, 3.8) is 0 Å². The monoisotopic (exact) mass is 610 g/mol. The zero-order chi connectivity index (χ0) is 32.6. The van der Waals surface area contributed by atoms with Gasteiger partial charge in [0.1, 0.15) is 41.6 Å². The van der Waals surface area contributed by atoms with Crippen LogP contribution in [0.25, 0.3) is 5.57 Å².